The number of aromatic nitrogens is 1. The van der Waals surface area contributed by atoms with Gasteiger partial charge in [0.2, 0.25) is 0 Å². The Bertz CT molecular complexity index is 516. The number of nitrogens with two attached hydrogens (primary N) is 1. The minimum absolute atomic E-state index is 0.455. The van der Waals surface area contributed by atoms with Crippen LogP contribution in [-0.4, -0.2) is 4.98 Å². The summed E-state index contributed by atoms with van der Waals surface area (Å²) in [5, 5.41) is 1.22. The Balaban J connectivity index is 0.000000829. The predicted molar refractivity (Wildman–Crippen MR) is 92.3 cm³/mol. The van der Waals surface area contributed by atoms with Gasteiger partial charge in [-0.3, -0.25) is 4.98 Å². The van der Waals surface area contributed by atoms with Crippen LogP contribution in [0.15, 0.2) is 24.3 Å². The number of hydrogen-bond acceptors (Lipinski definition) is 2. The molecular weight excluding hydrogens is 244 g/mol. The van der Waals surface area contributed by atoms with Crippen LogP contribution in [0, 0.1) is 0 Å². The third kappa shape index (κ3) is 4.52. The number of hydrogen-bond donors (Lipinski definition) is 1. The molecule has 2 nitrogen and oxygen atoms in total. The molecule has 0 fully saturated rings. The van der Waals surface area contributed by atoms with Gasteiger partial charge in [0, 0.05) is 16.8 Å². The highest BCUT2D eigenvalue weighted by atomic mass is 14.7. The second-order valence-corrected chi connectivity index (χ2v) is 4.49. The molecule has 0 radical (unpaired) electrons. The van der Waals surface area contributed by atoms with Crippen LogP contribution in [0.25, 0.3) is 10.9 Å². The lowest BCUT2D eigenvalue weighted by Gasteiger charge is -2.10. The second-order valence-electron chi connectivity index (χ2n) is 4.49. The summed E-state index contributed by atoms with van der Waals surface area (Å²) in [7, 11) is 0. The van der Waals surface area contributed by atoms with E-state index in [1.807, 2.05) is 39.8 Å². The predicted octanol–water partition coefficient (Wildman–Crippen LogP) is 5.56. The van der Waals surface area contributed by atoms with Crippen LogP contribution in [-0.2, 0) is 6.42 Å². The van der Waals surface area contributed by atoms with Gasteiger partial charge in [0.05, 0.1) is 5.52 Å². The van der Waals surface area contributed by atoms with Crippen molar-refractivity contribution in [3.63, 3.8) is 0 Å². The van der Waals surface area contributed by atoms with Crippen molar-refractivity contribution in [2.45, 2.75) is 60.8 Å². The first-order chi connectivity index (χ1) is 9.61. The quantitative estimate of drug-likeness (QED) is 0.729. The highest BCUT2D eigenvalue weighted by Crippen LogP contribution is 2.24. The van der Waals surface area contributed by atoms with Crippen molar-refractivity contribution in [2.75, 3.05) is 5.73 Å². The van der Waals surface area contributed by atoms with Gasteiger partial charge in [-0.2, -0.15) is 0 Å². The van der Waals surface area contributed by atoms with Gasteiger partial charge in [-0.1, -0.05) is 54.5 Å². The topological polar surface area (TPSA) is 38.9 Å². The number of aryl methyl sites for hydroxylation is 1. The molecule has 0 saturated heterocycles. The number of benzene rings is 1. The molecule has 2 rings (SSSR count). The van der Waals surface area contributed by atoms with Crippen LogP contribution in [0.1, 0.15) is 65.6 Å². The third-order valence-electron chi connectivity index (χ3n) is 2.91. The number of fused-ring (bicyclic) bond motifs is 1. The van der Waals surface area contributed by atoms with Crippen molar-refractivity contribution < 1.29 is 0 Å². The summed E-state index contributed by atoms with van der Waals surface area (Å²) in [5.41, 5.74) is 10.1. The van der Waals surface area contributed by atoms with E-state index < -0.39 is 0 Å². The van der Waals surface area contributed by atoms with Crippen molar-refractivity contribution in [3.05, 3.63) is 35.5 Å². The Hall–Kier alpha value is -1.57. The fourth-order valence-electron chi connectivity index (χ4n) is 1.93. The number of rotatable bonds is 2. The minimum atomic E-state index is 0.455. The summed E-state index contributed by atoms with van der Waals surface area (Å²) in [6, 6.07) is 8.18. The SMILES string of the molecule is CC.CC.CCc1cc(C(C)C)nc2cc(N)ccc12. The molecule has 0 unspecified atom stereocenters. The van der Waals surface area contributed by atoms with Crippen molar-refractivity contribution in [3.8, 4) is 0 Å². The number of pyridine rings is 1. The van der Waals surface area contributed by atoms with Crippen LogP contribution in [0.5, 0.6) is 0 Å². The Morgan fingerprint density at radius 3 is 2.15 bits per heavy atom. The molecule has 2 heteroatoms. The summed E-state index contributed by atoms with van der Waals surface area (Å²) in [6.07, 6.45) is 1.03. The van der Waals surface area contributed by atoms with Gasteiger partial charge < -0.3 is 5.73 Å². The lowest BCUT2D eigenvalue weighted by Crippen LogP contribution is -1.97. The molecule has 0 aliphatic rings. The van der Waals surface area contributed by atoms with E-state index in [0.717, 1.165) is 23.3 Å². The normalized spacial score (nSPS) is 9.60. The van der Waals surface area contributed by atoms with Crippen LogP contribution in [0.2, 0.25) is 0 Å². The molecule has 0 aliphatic carbocycles. The zero-order valence-corrected chi connectivity index (χ0v) is 14.1. The molecule has 1 aromatic heterocycles. The van der Waals surface area contributed by atoms with E-state index in [9.17, 15) is 0 Å². The standard InChI is InChI=1S/C14H18N2.2C2H6/c1-4-10-7-13(9(2)3)16-14-8-11(15)5-6-12(10)14;2*1-2/h5-9H,4,15H2,1-3H3;2*1-2H3. The van der Waals surface area contributed by atoms with Crippen LogP contribution < -0.4 is 5.73 Å². The Labute approximate surface area is 124 Å². The van der Waals surface area contributed by atoms with Crippen molar-refractivity contribution in [2.24, 2.45) is 0 Å². The third-order valence-corrected chi connectivity index (χ3v) is 2.91. The van der Waals surface area contributed by atoms with E-state index in [0.29, 0.717) is 5.92 Å². The van der Waals surface area contributed by atoms with Crippen molar-refractivity contribution >= 4 is 16.6 Å². The van der Waals surface area contributed by atoms with Crippen LogP contribution in [0.3, 0.4) is 0 Å². The van der Waals surface area contributed by atoms with Gasteiger partial charge in [0.15, 0.2) is 0 Å². The Kier molecular flexibility index (Phi) is 8.62. The van der Waals surface area contributed by atoms with Gasteiger partial charge in [-0.25, -0.2) is 0 Å². The molecule has 0 amide bonds. The van der Waals surface area contributed by atoms with Gasteiger partial charge in [0.25, 0.3) is 0 Å². The van der Waals surface area contributed by atoms with E-state index in [4.69, 9.17) is 5.73 Å². The number of nitrogens with zero attached hydrogens (tertiary/aromatic N) is 1. The highest BCUT2D eigenvalue weighted by molar-refractivity contribution is 5.85. The van der Waals surface area contributed by atoms with E-state index in [-0.39, 0.29) is 0 Å². The first-order valence-electron chi connectivity index (χ1n) is 7.81. The maximum atomic E-state index is 5.80. The molecule has 2 N–H and O–H groups in total. The first-order valence-corrected chi connectivity index (χ1v) is 7.81. The molecule has 0 aliphatic heterocycles. The zero-order valence-electron chi connectivity index (χ0n) is 14.1. The van der Waals surface area contributed by atoms with E-state index in [1.165, 1.54) is 10.9 Å². The molecule has 20 heavy (non-hydrogen) atoms. The summed E-state index contributed by atoms with van der Waals surface area (Å²) in [6.45, 7) is 14.5. The van der Waals surface area contributed by atoms with E-state index in [2.05, 4.69) is 37.9 Å². The monoisotopic (exact) mass is 274 g/mol. The van der Waals surface area contributed by atoms with Gasteiger partial charge in [-0.05, 0) is 36.1 Å². The van der Waals surface area contributed by atoms with Crippen molar-refractivity contribution in [1.82, 2.24) is 4.98 Å². The average Bonchev–Trinajstić information content (AvgIpc) is 2.49. The molecular formula is C18H30N2. The van der Waals surface area contributed by atoms with E-state index >= 15 is 0 Å². The fraction of sp³-hybridized carbons (Fsp3) is 0.500. The van der Waals surface area contributed by atoms with Gasteiger partial charge in [-0.15, -0.1) is 0 Å². The average molecular weight is 274 g/mol. The summed E-state index contributed by atoms with van der Waals surface area (Å²) in [4.78, 5) is 4.66. The molecule has 0 saturated carbocycles. The number of anilines is 1. The summed E-state index contributed by atoms with van der Waals surface area (Å²) >= 11 is 0. The summed E-state index contributed by atoms with van der Waals surface area (Å²) < 4.78 is 0. The van der Waals surface area contributed by atoms with Crippen molar-refractivity contribution in [1.29, 1.82) is 0 Å². The molecule has 112 valence electrons. The highest BCUT2D eigenvalue weighted by Gasteiger charge is 2.07. The molecule has 0 bridgehead atoms. The lowest BCUT2D eigenvalue weighted by atomic mass is 10.0. The summed E-state index contributed by atoms with van der Waals surface area (Å²) in [5.74, 6) is 0.455. The maximum absolute atomic E-state index is 5.80. The van der Waals surface area contributed by atoms with Gasteiger partial charge in [0.1, 0.15) is 0 Å². The second kappa shape index (κ2) is 9.35. The molecule has 1 heterocycles. The van der Waals surface area contributed by atoms with Gasteiger partial charge >= 0.3 is 0 Å². The smallest absolute Gasteiger partial charge is 0.0728 e. The first kappa shape index (κ1) is 18.4. The molecule has 2 aromatic rings. The molecule has 1 aromatic carbocycles. The molecule has 0 spiro atoms. The zero-order chi connectivity index (χ0) is 15.7. The van der Waals surface area contributed by atoms with E-state index in [1.54, 1.807) is 0 Å². The fourth-order valence-corrected chi connectivity index (χ4v) is 1.93. The maximum Gasteiger partial charge on any atom is 0.0728 e. The van der Waals surface area contributed by atoms with Crippen LogP contribution in [0.4, 0.5) is 5.69 Å². The number of nitrogen functional groups attached to an aromatic ring is 1. The lowest BCUT2D eigenvalue weighted by molar-refractivity contribution is 0.826. The molecule has 0 atom stereocenters. The van der Waals surface area contributed by atoms with Crippen LogP contribution >= 0.6 is 0 Å². The minimum Gasteiger partial charge on any atom is -0.399 e. The largest absolute Gasteiger partial charge is 0.399 e. The Morgan fingerprint density at radius 1 is 1.05 bits per heavy atom. The Morgan fingerprint density at radius 2 is 1.65 bits per heavy atom.